The van der Waals surface area contributed by atoms with Gasteiger partial charge in [-0.2, -0.15) is 0 Å². The third kappa shape index (κ3) is 6.25. The fraction of sp³-hybridized carbons (Fsp3) is 0.650. The Labute approximate surface area is 147 Å². The van der Waals surface area contributed by atoms with Crippen molar-refractivity contribution in [3.05, 3.63) is 35.4 Å². The largest absolute Gasteiger partial charge is 0.356 e. The number of benzene rings is 1. The van der Waals surface area contributed by atoms with E-state index in [2.05, 4.69) is 54.2 Å². The first kappa shape index (κ1) is 18.9. The van der Waals surface area contributed by atoms with E-state index in [0.29, 0.717) is 6.42 Å². The second kappa shape index (κ2) is 9.80. The molecule has 1 N–H and O–H groups in total. The van der Waals surface area contributed by atoms with E-state index in [-0.39, 0.29) is 11.8 Å². The molecule has 1 aliphatic heterocycles. The Morgan fingerprint density at radius 2 is 1.88 bits per heavy atom. The van der Waals surface area contributed by atoms with Crippen LogP contribution in [0.25, 0.3) is 0 Å². The Morgan fingerprint density at radius 1 is 1.17 bits per heavy atom. The van der Waals surface area contributed by atoms with Gasteiger partial charge in [0.25, 0.3) is 0 Å². The molecule has 1 heterocycles. The van der Waals surface area contributed by atoms with Gasteiger partial charge in [-0.05, 0) is 50.4 Å². The Hall–Kier alpha value is -1.39. The summed E-state index contributed by atoms with van der Waals surface area (Å²) < 4.78 is 0. The second-order valence-corrected chi connectivity index (χ2v) is 7.16. The zero-order valence-corrected chi connectivity index (χ0v) is 15.6. The fourth-order valence-electron chi connectivity index (χ4n) is 3.36. The molecule has 1 aromatic rings. The van der Waals surface area contributed by atoms with Crippen molar-refractivity contribution in [2.45, 2.75) is 39.0 Å². The molecule has 0 aromatic heterocycles. The number of carbonyl (C=O) groups excluding carboxylic acids is 1. The Morgan fingerprint density at radius 3 is 2.58 bits per heavy atom. The summed E-state index contributed by atoms with van der Waals surface area (Å²) in [6.45, 7) is 10.9. The number of aryl methyl sites for hydroxylation is 1. The standard InChI is InChI=1S/C20H33N3O/c1-17-8-4-5-9-19(17)18(2)16-20(24)21-10-6-7-11-23-14-12-22(3)13-15-23/h4-5,8-9,18H,6-7,10-16H2,1-3H3,(H,21,24)/t18-/m1/s1. The first-order valence-electron chi connectivity index (χ1n) is 9.29. The Kier molecular flexibility index (Phi) is 7.73. The van der Waals surface area contributed by atoms with Crippen LogP contribution in [0.2, 0.25) is 0 Å². The van der Waals surface area contributed by atoms with Crippen molar-refractivity contribution in [2.75, 3.05) is 46.3 Å². The lowest BCUT2D eigenvalue weighted by molar-refractivity contribution is -0.121. The molecule has 1 fully saturated rings. The van der Waals surface area contributed by atoms with Crippen LogP contribution in [0.4, 0.5) is 0 Å². The molecular formula is C20H33N3O. The van der Waals surface area contributed by atoms with E-state index >= 15 is 0 Å². The van der Waals surface area contributed by atoms with Gasteiger partial charge < -0.3 is 15.1 Å². The quantitative estimate of drug-likeness (QED) is 0.744. The van der Waals surface area contributed by atoms with E-state index in [4.69, 9.17) is 0 Å². The Balaban J connectivity index is 1.57. The van der Waals surface area contributed by atoms with Crippen LogP contribution in [-0.4, -0.2) is 62.0 Å². The van der Waals surface area contributed by atoms with Crippen LogP contribution < -0.4 is 5.32 Å². The minimum absolute atomic E-state index is 0.172. The Bertz CT molecular complexity index is 509. The van der Waals surface area contributed by atoms with E-state index in [1.54, 1.807) is 0 Å². The number of likely N-dealkylation sites (N-methyl/N-ethyl adjacent to an activating group) is 1. The maximum Gasteiger partial charge on any atom is 0.220 e. The summed E-state index contributed by atoms with van der Waals surface area (Å²) in [5, 5.41) is 3.08. The molecule has 2 rings (SSSR count). The van der Waals surface area contributed by atoms with E-state index < -0.39 is 0 Å². The molecule has 0 radical (unpaired) electrons. The average molecular weight is 332 g/mol. The molecule has 0 bridgehead atoms. The number of rotatable bonds is 8. The van der Waals surface area contributed by atoms with Crippen LogP contribution in [0.1, 0.15) is 43.2 Å². The van der Waals surface area contributed by atoms with Crippen LogP contribution in [0.3, 0.4) is 0 Å². The number of nitrogens with zero attached hydrogens (tertiary/aromatic N) is 2. The van der Waals surface area contributed by atoms with E-state index in [9.17, 15) is 4.79 Å². The topological polar surface area (TPSA) is 35.6 Å². The van der Waals surface area contributed by atoms with Gasteiger partial charge in [-0.15, -0.1) is 0 Å². The zero-order chi connectivity index (χ0) is 17.4. The first-order chi connectivity index (χ1) is 11.6. The predicted molar refractivity (Wildman–Crippen MR) is 100 cm³/mol. The molecule has 0 unspecified atom stereocenters. The van der Waals surface area contributed by atoms with Crippen molar-refractivity contribution < 1.29 is 4.79 Å². The van der Waals surface area contributed by atoms with Crippen molar-refractivity contribution in [1.82, 2.24) is 15.1 Å². The van der Waals surface area contributed by atoms with Crippen molar-refractivity contribution in [1.29, 1.82) is 0 Å². The predicted octanol–water partition coefficient (Wildman–Crippen LogP) is 2.63. The molecule has 4 heteroatoms. The molecule has 134 valence electrons. The van der Waals surface area contributed by atoms with Crippen molar-refractivity contribution in [3.63, 3.8) is 0 Å². The van der Waals surface area contributed by atoms with E-state index in [1.807, 2.05) is 6.07 Å². The molecule has 1 amide bonds. The lowest BCUT2D eigenvalue weighted by Gasteiger charge is -2.32. The summed E-state index contributed by atoms with van der Waals surface area (Å²) in [7, 11) is 2.19. The van der Waals surface area contributed by atoms with E-state index in [0.717, 1.165) is 25.9 Å². The van der Waals surface area contributed by atoms with Crippen LogP contribution in [-0.2, 0) is 4.79 Å². The fourth-order valence-corrected chi connectivity index (χ4v) is 3.36. The normalized spacial score (nSPS) is 17.6. The number of carbonyl (C=O) groups is 1. The van der Waals surface area contributed by atoms with Gasteiger partial charge in [-0.3, -0.25) is 4.79 Å². The second-order valence-electron chi connectivity index (χ2n) is 7.16. The number of nitrogens with one attached hydrogen (secondary N) is 1. The van der Waals surface area contributed by atoms with E-state index in [1.165, 1.54) is 37.3 Å². The van der Waals surface area contributed by atoms with Crippen LogP contribution in [0.5, 0.6) is 0 Å². The molecule has 1 saturated heterocycles. The zero-order valence-electron chi connectivity index (χ0n) is 15.6. The van der Waals surface area contributed by atoms with Gasteiger partial charge in [0.1, 0.15) is 0 Å². The summed E-state index contributed by atoms with van der Waals surface area (Å²) in [5.74, 6) is 0.446. The molecule has 0 spiro atoms. The molecule has 4 nitrogen and oxygen atoms in total. The highest BCUT2D eigenvalue weighted by atomic mass is 16.1. The lowest BCUT2D eigenvalue weighted by Crippen LogP contribution is -2.44. The SMILES string of the molecule is Cc1ccccc1[C@H](C)CC(=O)NCCCCN1CCN(C)CC1. The maximum absolute atomic E-state index is 12.1. The van der Waals surface area contributed by atoms with Gasteiger partial charge in [0.15, 0.2) is 0 Å². The van der Waals surface area contributed by atoms with Gasteiger partial charge >= 0.3 is 0 Å². The summed E-state index contributed by atoms with van der Waals surface area (Å²) in [6, 6.07) is 8.34. The monoisotopic (exact) mass is 331 g/mol. The van der Waals surface area contributed by atoms with Gasteiger partial charge in [0.05, 0.1) is 0 Å². The molecular weight excluding hydrogens is 298 g/mol. The molecule has 0 aliphatic carbocycles. The van der Waals surface area contributed by atoms with Crippen LogP contribution in [0, 0.1) is 6.92 Å². The molecule has 0 saturated carbocycles. The van der Waals surface area contributed by atoms with Crippen molar-refractivity contribution in [3.8, 4) is 0 Å². The van der Waals surface area contributed by atoms with Crippen LogP contribution in [0.15, 0.2) is 24.3 Å². The number of piperazine rings is 1. The summed E-state index contributed by atoms with van der Waals surface area (Å²) in [6.07, 6.45) is 2.80. The van der Waals surface area contributed by atoms with Gasteiger partial charge in [0.2, 0.25) is 5.91 Å². The summed E-state index contributed by atoms with van der Waals surface area (Å²) >= 11 is 0. The first-order valence-corrected chi connectivity index (χ1v) is 9.29. The lowest BCUT2D eigenvalue weighted by atomic mass is 9.93. The highest BCUT2D eigenvalue weighted by Crippen LogP contribution is 2.22. The van der Waals surface area contributed by atoms with Crippen molar-refractivity contribution >= 4 is 5.91 Å². The molecule has 1 aromatic carbocycles. The summed E-state index contributed by atoms with van der Waals surface area (Å²) in [4.78, 5) is 17.0. The number of unbranched alkanes of at least 4 members (excludes halogenated alkanes) is 1. The maximum atomic E-state index is 12.1. The average Bonchev–Trinajstić information content (AvgIpc) is 2.56. The molecule has 1 aliphatic rings. The third-order valence-electron chi connectivity index (χ3n) is 5.03. The molecule has 24 heavy (non-hydrogen) atoms. The third-order valence-corrected chi connectivity index (χ3v) is 5.03. The number of hydrogen-bond acceptors (Lipinski definition) is 3. The minimum Gasteiger partial charge on any atom is -0.356 e. The smallest absolute Gasteiger partial charge is 0.220 e. The number of amides is 1. The highest BCUT2D eigenvalue weighted by molar-refractivity contribution is 5.76. The number of hydrogen-bond donors (Lipinski definition) is 1. The van der Waals surface area contributed by atoms with Crippen molar-refractivity contribution in [2.24, 2.45) is 0 Å². The highest BCUT2D eigenvalue weighted by Gasteiger charge is 2.14. The summed E-state index contributed by atoms with van der Waals surface area (Å²) in [5.41, 5.74) is 2.55. The minimum atomic E-state index is 0.172. The van der Waals surface area contributed by atoms with Crippen LogP contribution >= 0.6 is 0 Å². The molecule has 1 atom stereocenters. The van der Waals surface area contributed by atoms with Gasteiger partial charge in [-0.25, -0.2) is 0 Å². The van der Waals surface area contributed by atoms with Gasteiger partial charge in [0, 0.05) is 39.1 Å². The van der Waals surface area contributed by atoms with Gasteiger partial charge in [-0.1, -0.05) is 31.2 Å².